The molecule has 0 bridgehead atoms. The average Bonchev–Trinajstić information content (AvgIpc) is 2.39. The molecule has 1 aliphatic rings. The number of nitrogens with zero attached hydrogens (tertiary/aromatic N) is 2. The second-order valence-corrected chi connectivity index (χ2v) is 4.66. The molecule has 0 aromatic carbocycles. The maximum absolute atomic E-state index is 12.3. The number of hydrogen-bond donors (Lipinski definition) is 1. The summed E-state index contributed by atoms with van der Waals surface area (Å²) in [7, 11) is 0. The molecule has 1 aromatic heterocycles. The van der Waals surface area contributed by atoms with Crippen molar-refractivity contribution in [3.63, 3.8) is 0 Å². The van der Waals surface area contributed by atoms with Gasteiger partial charge >= 0.3 is 0 Å². The molecule has 1 fully saturated rings. The van der Waals surface area contributed by atoms with Crippen LogP contribution < -0.4 is 5.73 Å². The van der Waals surface area contributed by atoms with E-state index in [2.05, 4.69) is 4.98 Å². The molecular formula is C13H21Cl2N3O. The van der Waals surface area contributed by atoms with Crippen LogP contribution in [-0.4, -0.2) is 34.4 Å². The number of hydrogen-bond acceptors (Lipinski definition) is 3. The first kappa shape index (κ1) is 18.2. The van der Waals surface area contributed by atoms with Crippen LogP contribution in [0.15, 0.2) is 24.5 Å². The van der Waals surface area contributed by atoms with Crippen molar-refractivity contribution in [2.45, 2.75) is 38.3 Å². The van der Waals surface area contributed by atoms with E-state index in [0.29, 0.717) is 5.56 Å². The number of aromatic nitrogens is 1. The predicted molar refractivity (Wildman–Crippen MR) is 81.1 cm³/mol. The molecule has 0 radical (unpaired) electrons. The van der Waals surface area contributed by atoms with Crippen LogP contribution in [0.5, 0.6) is 0 Å². The number of amides is 1. The zero-order chi connectivity index (χ0) is 12.3. The van der Waals surface area contributed by atoms with E-state index in [9.17, 15) is 4.79 Å². The minimum absolute atomic E-state index is 0. The Labute approximate surface area is 126 Å². The second-order valence-electron chi connectivity index (χ2n) is 4.66. The van der Waals surface area contributed by atoms with Crippen molar-refractivity contribution in [3.8, 4) is 0 Å². The quantitative estimate of drug-likeness (QED) is 0.912. The topological polar surface area (TPSA) is 59.2 Å². The van der Waals surface area contributed by atoms with Crippen LogP contribution in [0.3, 0.4) is 0 Å². The summed E-state index contributed by atoms with van der Waals surface area (Å²) in [4.78, 5) is 18.2. The van der Waals surface area contributed by atoms with Crippen LogP contribution in [0.4, 0.5) is 0 Å². The molecule has 0 saturated carbocycles. The molecule has 0 spiro atoms. The van der Waals surface area contributed by atoms with Gasteiger partial charge in [0, 0.05) is 31.0 Å². The van der Waals surface area contributed by atoms with E-state index in [1.54, 1.807) is 18.5 Å². The number of halogens is 2. The van der Waals surface area contributed by atoms with Crippen molar-refractivity contribution in [2.75, 3.05) is 6.54 Å². The number of piperidine rings is 1. The van der Waals surface area contributed by atoms with E-state index in [-0.39, 0.29) is 42.8 Å². The molecule has 1 saturated heterocycles. The molecule has 1 amide bonds. The van der Waals surface area contributed by atoms with Crippen LogP contribution in [0.2, 0.25) is 0 Å². The molecule has 6 heteroatoms. The highest BCUT2D eigenvalue weighted by atomic mass is 35.5. The van der Waals surface area contributed by atoms with Gasteiger partial charge in [-0.1, -0.05) is 0 Å². The van der Waals surface area contributed by atoms with Gasteiger partial charge in [-0.15, -0.1) is 24.8 Å². The molecule has 1 aromatic rings. The number of rotatable bonds is 2. The lowest BCUT2D eigenvalue weighted by Gasteiger charge is -2.38. The first-order valence-corrected chi connectivity index (χ1v) is 6.16. The van der Waals surface area contributed by atoms with Gasteiger partial charge in [0.15, 0.2) is 0 Å². The fourth-order valence-corrected chi connectivity index (χ4v) is 2.41. The van der Waals surface area contributed by atoms with Crippen molar-refractivity contribution >= 4 is 30.7 Å². The van der Waals surface area contributed by atoms with Gasteiger partial charge in [-0.05, 0) is 38.3 Å². The number of likely N-dealkylation sites (tertiary alicyclic amines) is 1. The summed E-state index contributed by atoms with van der Waals surface area (Å²) in [5.41, 5.74) is 6.62. The molecule has 19 heavy (non-hydrogen) atoms. The van der Waals surface area contributed by atoms with Crippen LogP contribution >= 0.6 is 24.8 Å². The summed E-state index contributed by atoms with van der Waals surface area (Å²) in [5.74, 6) is 0.0556. The lowest BCUT2D eigenvalue weighted by Crippen LogP contribution is -2.51. The van der Waals surface area contributed by atoms with Gasteiger partial charge in [0.25, 0.3) is 5.91 Å². The summed E-state index contributed by atoms with van der Waals surface area (Å²) < 4.78 is 0. The fourth-order valence-electron chi connectivity index (χ4n) is 2.41. The first-order chi connectivity index (χ1) is 8.20. The van der Waals surface area contributed by atoms with Crippen molar-refractivity contribution in [3.05, 3.63) is 30.1 Å². The Morgan fingerprint density at radius 3 is 2.79 bits per heavy atom. The van der Waals surface area contributed by atoms with E-state index in [1.165, 1.54) is 0 Å². The molecule has 2 atom stereocenters. The third-order valence-corrected chi connectivity index (χ3v) is 3.33. The summed E-state index contributed by atoms with van der Waals surface area (Å²) in [6.07, 6.45) is 6.52. The summed E-state index contributed by atoms with van der Waals surface area (Å²) in [6.45, 7) is 2.78. The van der Waals surface area contributed by atoms with Crippen LogP contribution in [0.25, 0.3) is 0 Å². The van der Waals surface area contributed by atoms with Crippen molar-refractivity contribution in [1.82, 2.24) is 9.88 Å². The molecule has 2 unspecified atom stereocenters. The molecule has 0 aliphatic carbocycles. The highest BCUT2D eigenvalue weighted by molar-refractivity contribution is 5.94. The minimum Gasteiger partial charge on any atom is -0.334 e. The van der Waals surface area contributed by atoms with Gasteiger partial charge in [-0.25, -0.2) is 0 Å². The Morgan fingerprint density at radius 2 is 2.21 bits per heavy atom. The first-order valence-electron chi connectivity index (χ1n) is 6.16. The van der Waals surface area contributed by atoms with Crippen molar-refractivity contribution in [2.24, 2.45) is 5.73 Å². The smallest absolute Gasteiger partial charge is 0.255 e. The van der Waals surface area contributed by atoms with Gasteiger partial charge in [-0.3, -0.25) is 9.78 Å². The maximum Gasteiger partial charge on any atom is 0.255 e. The Bertz CT molecular complexity index is 387. The summed E-state index contributed by atoms with van der Waals surface area (Å²) in [6, 6.07) is 3.78. The van der Waals surface area contributed by atoms with Crippen LogP contribution in [-0.2, 0) is 0 Å². The maximum atomic E-state index is 12.3. The third-order valence-electron chi connectivity index (χ3n) is 3.33. The molecule has 2 heterocycles. The van der Waals surface area contributed by atoms with E-state index in [4.69, 9.17) is 5.73 Å². The van der Waals surface area contributed by atoms with Gasteiger partial charge in [-0.2, -0.15) is 0 Å². The molecule has 1 aliphatic heterocycles. The number of nitrogens with two attached hydrogens (primary N) is 1. The molecular weight excluding hydrogens is 285 g/mol. The number of pyridine rings is 1. The van der Waals surface area contributed by atoms with Crippen molar-refractivity contribution in [1.29, 1.82) is 0 Å². The fraction of sp³-hybridized carbons (Fsp3) is 0.538. The monoisotopic (exact) mass is 305 g/mol. The van der Waals surface area contributed by atoms with E-state index < -0.39 is 0 Å². The molecule has 2 N–H and O–H groups in total. The third kappa shape index (κ3) is 4.34. The summed E-state index contributed by atoms with van der Waals surface area (Å²) in [5, 5.41) is 0. The molecule has 108 valence electrons. The predicted octanol–water partition coefficient (Wildman–Crippen LogP) is 2.27. The van der Waals surface area contributed by atoms with E-state index in [0.717, 1.165) is 25.8 Å². The number of carbonyl (C=O) groups is 1. The zero-order valence-electron chi connectivity index (χ0n) is 11.0. The minimum atomic E-state index is 0. The highest BCUT2D eigenvalue weighted by Crippen LogP contribution is 2.21. The Hall–Kier alpha value is -0.840. The van der Waals surface area contributed by atoms with Gasteiger partial charge in [0.1, 0.15) is 0 Å². The number of carbonyl (C=O) groups excluding carboxylic acids is 1. The lowest BCUT2D eigenvalue weighted by atomic mass is 9.96. The normalized spacial score (nSPS) is 19.9. The SMILES string of the molecule is CC(N)C1CCCCN1C(=O)c1cccnc1.Cl.Cl. The molecule has 2 rings (SSSR count). The Kier molecular flexibility index (Phi) is 7.99. The van der Waals surface area contributed by atoms with Crippen LogP contribution in [0.1, 0.15) is 36.5 Å². The Balaban J connectivity index is 0.00000162. The van der Waals surface area contributed by atoms with Gasteiger partial charge in [0.2, 0.25) is 0 Å². The lowest BCUT2D eigenvalue weighted by molar-refractivity contribution is 0.0583. The van der Waals surface area contributed by atoms with Crippen molar-refractivity contribution < 1.29 is 4.79 Å². The second kappa shape index (κ2) is 8.35. The standard InChI is InChI=1S/C13H19N3O.2ClH/c1-10(14)12-6-2-3-8-16(12)13(17)11-5-4-7-15-9-11;;/h4-5,7,9-10,12H,2-3,6,8,14H2,1H3;2*1H. The van der Waals surface area contributed by atoms with Gasteiger partial charge < -0.3 is 10.6 Å². The van der Waals surface area contributed by atoms with Crippen LogP contribution in [0, 0.1) is 0 Å². The largest absolute Gasteiger partial charge is 0.334 e. The van der Waals surface area contributed by atoms with E-state index >= 15 is 0 Å². The summed E-state index contributed by atoms with van der Waals surface area (Å²) >= 11 is 0. The van der Waals surface area contributed by atoms with E-state index in [1.807, 2.05) is 17.9 Å². The highest BCUT2D eigenvalue weighted by Gasteiger charge is 2.29. The van der Waals surface area contributed by atoms with Gasteiger partial charge in [0.05, 0.1) is 5.56 Å². The average molecular weight is 306 g/mol. The Morgan fingerprint density at radius 1 is 1.47 bits per heavy atom. The zero-order valence-corrected chi connectivity index (χ0v) is 12.6. The molecule has 4 nitrogen and oxygen atoms in total.